The van der Waals surface area contributed by atoms with Gasteiger partial charge >= 0.3 is 5.97 Å². The predicted octanol–water partition coefficient (Wildman–Crippen LogP) is 2.76. The van der Waals surface area contributed by atoms with E-state index < -0.39 is 46.7 Å². The molecule has 2 aliphatic carbocycles. The van der Waals surface area contributed by atoms with Crippen molar-refractivity contribution in [3.63, 3.8) is 0 Å². The van der Waals surface area contributed by atoms with Crippen LogP contribution in [0.5, 0.6) is 0 Å². The van der Waals surface area contributed by atoms with Gasteiger partial charge < -0.3 is 14.9 Å². The minimum absolute atomic E-state index is 0.102. The van der Waals surface area contributed by atoms with Gasteiger partial charge in [0.15, 0.2) is 22.8 Å². The normalized spacial score (nSPS) is 41.4. The Morgan fingerprint density at radius 2 is 1.93 bits per heavy atom. The largest absolute Gasteiger partial charge is 0.455 e. The lowest BCUT2D eigenvalue weighted by Crippen LogP contribution is -2.75. The van der Waals surface area contributed by atoms with E-state index in [0.717, 1.165) is 12.8 Å². The third-order valence-electron chi connectivity index (χ3n) is 7.70. The molecule has 0 amide bonds. The van der Waals surface area contributed by atoms with E-state index in [1.807, 2.05) is 6.92 Å². The number of esters is 1. The minimum Gasteiger partial charge on any atom is -0.455 e. The molecule has 3 rings (SSSR count). The molecule has 8 atom stereocenters. The number of Topliss-reactive ketones (excluding diaryl/α,β-unsaturated/α-hetero) is 1. The third-order valence-corrected chi connectivity index (χ3v) is 7.70. The van der Waals surface area contributed by atoms with Gasteiger partial charge in [0.25, 0.3) is 0 Å². The summed E-state index contributed by atoms with van der Waals surface area (Å²) in [4.78, 5) is 38.3. The monoisotopic (exact) mass is 418 g/mol. The molecule has 1 heterocycles. The molecular weight excluding hydrogens is 384 g/mol. The number of carbonyl (C=O) groups is 3. The van der Waals surface area contributed by atoms with Crippen LogP contribution in [0, 0.1) is 29.6 Å². The van der Waals surface area contributed by atoms with E-state index in [0.29, 0.717) is 18.4 Å². The van der Waals surface area contributed by atoms with Gasteiger partial charge in [-0.1, -0.05) is 26.3 Å². The molecule has 0 unspecified atom stereocenters. The number of cyclic esters (lactones) is 1. The van der Waals surface area contributed by atoms with Crippen LogP contribution in [0.1, 0.15) is 60.3 Å². The van der Waals surface area contributed by atoms with Crippen molar-refractivity contribution < 1.29 is 29.3 Å². The number of ketones is 2. The Morgan fingerprint density at radius 1 is 1.27 bits per heavy atom. The van der Waals surface area contributed by atoms with E-state index in [9.17, 15) is 24.6 Å². The van der Waals surface area contributed by atoms with Crippen LogP contribution in [0.15, 0.2) is 23.8 Å². The maximum Gasteiger partial charge on any atom is 0.331 e. The molecular formula is C24H34O6. The van der Waals surface area contributed by atoms with Crippen LogP contribution in [-0.2, 0) is 19.1 Å². The Kier molecular flexibility index (Phi) is 6.14. The first kappa shape index (κ1) is 22.9. The molecule has 6 heteroatoms. The fourth-order valence-electron chi connectivity index (χ4n) is 5.94. The number of carbonyl (C=O) groups excluding carboxylic acids is 3. The van der Waals surface area contributed by atoms with E-state index in [1.54, 1.807) is 33.8 Å². The topological polar surface area (TPSA) is 101 Å². The van der Waals surface area contributed by atoms with Gasteiger partial charge in [-0.15, -0.1) is 0 Å². The summed E-state index contributed by atoms with van der Waals surface area (Å²) in [7, 11) is 0. The highest BCUT2D eigenvalue weighted by molar-refractivity contribution is 6.06. The standard InChI is InChI=1S/C24H34O6/c1-13(2)12-19(25)24(29)16(5)18-10-6-14(3)21(18)22(27)23(24,28)15(4)7-8-17-9-11-20(26)30-17/h9,11-12,14-18,21,28-29H,6-8,10H2,1-5H3/t14-,15+,16-,17-,18-,21+,23+,24-/m0/s1. The molecule has 2 N–H and O–H groups in total. The SMILES string of the molecule is CC(C)=CC(=O)[C@@]1(O)[C@@H](C)[C@@H]2CC[C@H](C)[C@H]2C(=O)[C@]1(O)[C@H](C)CC[C@H]1C=CC(=O)O1. The van der Waals surface area contributed by atoms with Crippen LogP contribution in [0.2, 0.25) is 0 Å². The first-order valence-corrected chi connectivity index (χ1v) is 11.0. The van der Waals surface area contributed by atoms with Gasteiger partial charge in [-0.2, -0.15) is 0 Å². The first-order valence-electron chi connectivity index (χ1n) is 11.0. The van der Waals surface area contributed by atoms with Gasteiger partial charge in [0.05, 0.1) is 0 Å². The second kappa shape index (κ2) is 8.04. The van der Waals surface area contributed by atoms with Gasteiger partial charge in [0.1, 0.15) is 6.10 Å². The molecule has 2 fully saturated rings. The number of hydrogen-bond donors (Lipinski definition) is 2. The van der Waals surface area contributed by atoms with Gasteiger partial charge in [0, 0.05) is 12.0 Å². The van der Waals surface area contributed by atoms with Gasteiger partial charge in [-0.05, 0) is 75.4 Å². The van der Waals surface area contributed by atoms with E-state index in [2.05, 4.69) is 0 Å². The van der Waals surface area contributed by atoms with Crippen molar-refractivity contribution in [2.75, 3.05) is 0 Å². The van der Waals surface area contributed by atoms with Gasteiger partial charge in [0.2, 0.25) is 0 Å². The van der Waals surface area contributed by atoms with E-state index in [-0.39, 0.29) is 17.8 Å². The zero-order chi connectivity index (χ0) is 22.4. The molecule has 3 aliphatic rings. The Hall–Kier alpha value is -1.79. The number of ether oxygens (including phenoxy) is 1. The summed E-state index contributed by atoms with van der Waals surface area (Å²) in [5, 5.41) is 23.7. The zero-order valence-electron chi connectivity index (χ0n) is 18.6. The number of allylic oxidation sites excluding steroid dienone is 1. The van der Waals surface area contributed by atoms with Crippen molar-refractivity contribution in [3.8, 4) is 0 Å². The Bertz CT molecular complexity index is 794. The van der Waals surface area contributed by atoms with Crippen LogP contribution in [-0.4, -0.2) is 45.1 Å². The van der Waals surface area contributed by atoms with Crippen LogP contribution < -0.4 is 0 Å². The quantitative estimate of drug-likeness (QED) is 0.508. The average Bonchev–Trinajstić information content (AvgIpc) is 3.27. The van der Waals surface area contributed by atoms with Crippen molar-refractivity contribution in [3.05, 3.63) is 23.8 Å². The number of fused-ring (bicyclic) bond motifs is 1. The Morgan fingerprint density at radius 3 is 2.50 bits per heavy atom. The summed E-state index contributed by atoms with van der Waals surface area (Å²) >= 11 is 0. The Balaban J connectivity index is 1.99. The summed E-state index contributed by atoms with van der Waals surface area (Å²) in [5.41, 5.74) is -3.68. The zero-order valence-corrected chi connectivity index (χ0v) is 18.6. The summed E-state index contributed by atoms with van der Waals surface area (Å²) in [5.74, 6) is -3.06. The van der Waals surface area contributed by atoms with Crippen LogP contribution in [0.4, 0.5) is 0 Å². The lowest BCUT2D eigenvalue weighted by atomic mass is 9.52. The first-order chi connectivity index (χ1) is 13.9. The predicted molar refractivity (Wildman–Crippen MR) is 111 cm³/mol. The molecule has 6 nitrogen and oxygen atoms in total. The van der Waals surface area contributed by atoms with Crippen LogP contribution in [0.3, 0.4) is 0 Å². The van der Waals surface area contributed by atoms with Crippen LogP contribution in [0.25, 0.3) is 0 Å². The highest BCUT2D eigenvalue weighted by Crippen LogP contribution is 2.56. The summed E-state index contributed by atoms with van der Waals surface area (Å²) in [6.45, 7) is 9.00. The second-order valence-electron chi connectivity index (χ2n) is 9.83. The van der Waals surface area contributed by atoms with Gasteiger partial charge in [-0.25, -0.2) is 4.79 Å². The fraction of sp³-hybridized carbons (Fsp3) is 0.708. The van der Waals surface area contributed by atoms with Crippen LogP contribution >= 0.6 is 0 Å². The molecule has 0 radical (unpaired) electrons. The number of rotatable bonds is 6. The maximum absolute atomic E-state index is 13.7. The molecule has 0 saturated heterocycles. The van der Waals surface area contributed by atoms with E-state index in [4.69, 9.17) is 4.74 Å². The molecule has 30 heavy (non-hydrogen) atoms. The molecule has 0 aromatic rings. The van der Waals surface area contributed by atoms with Crippen molar-refractivity contribution in [1.29, 1.82) is 0 Å². The fourth-order valence-corrected chi connectivity index (χ4v) is 5.94. The molecule has 0 bridgehead atoms. The second-order valence-corrected chi connectivity index (χ2v) is 9.83. The Labute approximate surface area is 178 Å². The molecule has 2 saturated carbocycles. The van der Waals surface area contributed by atoms with Crippen molar-refractivity contribution in [2.45, 2.75) is 77.6 Å². The highest BCUT2D eigenvalue weighted by atomic mass is 16.5. The summed E-state index contributed by atoms with van der Waals surface area (Å²) < 4.78 is 5.16. The van der Waals surface area contributed by atoms with Crippen molar-refractivity contribution in [1.82, 2.24) is 0 Å². The minimum atomic E-state index is -2.19. The van der Waals surface area contributed by atoms with Gasteiger partial charge in [-0.3, -0.25) is 9.59 Å². The maximum atomic E-state index is 13.7. The van der Waals surface area contributed by atoms with Crippen molar-refractivity contribution >= 4 is 17.5 Å². The molecule has 0 spiro atoms. The summed E-state index contributed by atoms with van der Waals surface area (Å²) in [6, 6.07) is 0. The van der Waals surface area contributed by atoms with E-state index >= 15 is 0 Å². The molecule has 0 aromatic heterocycles. The third kappa shape index (κ3) is 3.38. The molecule has 0 aromatic carbocycles. The number of hydrogen-bond acceptors (Lipinski definition) is 6. The summed E-state index contributed by atoms with van der Waals surface area (Å²) in [6.07, 6.45) is 6.26. The number of aliphatic hydroxyl groups is 2. The lowest BCUT2D eigenvalue weighted by Gasteiger charge is -2.55. The molecule has 1 aliphatic heterocycles. The highest BCUT2D eigenvalue weighted by Gasteiger charge is 2.71. The smallest absolute Gasteiger partial charge is 0.331 e. The van der Waals surface area contributed by atoms with E-state index in [1.165, 1.54) is 12.2 Å². The average molecular weight is 419 g/mol. The lowest BCUT2D eigenvalue weighted by molar-refractivity contribution is -0.226. The van der Waals surface area contributed by atoms with Crippen molar-refractivity contribution in [2.24, 2.45) is 29.6 Å². The molecule has 166 valence electrons.